The Balaban J connectivity index is 1.30. The Hall–Kier alpha value is -5.77. The predicted molar refractivity (Wildman–Crippen MR) is 195 cm³/mol. The minimum absolute atomic E-state index is 0.674. The minimum atomic E-state index is 0.674. The first-order valence-corrected chi connectivity index (χ1v) is 15.8. The van der Waals surface area contributed by atoms with Crippen molar-refractivity contribution in [1.82, 2.24) is 4.57 Å². The van der Waals surface area contributed by atoms with E-state index in [9.17, 15) is 0 Å². The third-order valence-electron chi connectivity index (χ3n) is 9.15. The second-order valence-electron chi connectivity index (χ2n) is 11.7. The number of benzene rings is 7. The van der Waals surface area contributed by atoms with Crippen LogP contribution in [0.25, 0.3) is 60.9 Å². The highest BCUT2D eigenvalue weighted by molar-refractivity contribution is 6.35. The van der Waals surface area contributed by atoms with Crippen molar-refractivity contribution < 1.29 is 0 Å². The van der Waals surface area contributed by atoms with Gasteiger partial charge in [0.25, 0.3) is 0 Å². The summed E-state index contributed by atoms with van der Waals surface area (Å²) >= 11 is 7.04. The second-order valence-corrected chi connectivity index (χ2v) is 12.1. The molecule has 0 saturated carbocycles. The maximum Gasteiger partial charge on any atom is 0.0727 e. The molecule has 0 radical (unpaired) electrons. The highest BCUT2D eigenvalue weighted by Gasteiger charge is 2.29. The Bertz CT molecular complexity index is 2460. The van der Waals surface area contributed by atoms with Crippen LogP contribution in [-0.4, -0.2) is 4.57 Å². The molecule has 3 nitrogen and oxygen atoms in total. The molecule has 0 unspecified atom stereocenters. The molecule has 0 amide bonds. The lowest BCUT2D eigenvalue weighted by Gasteiger charge is -2.29. The quantitative estimate of drug-likeness (QED) is 0.202. The fourth-order valence-corrected chi connectivity index (χ4v) is 7.37. The molecule has 4 heteroatoms. The average Bonchev–Trinajstić information content (AvgIpc) is 3.37. The Labute approximate surface area is 272 Å². The number of fused-ring (bicyclic) bond motifs is 8. The van der Waals surface area contributed by atoms with Crippen molar-refractivity contribution in [3.63, 3.8) is 0 Å². The number of hydrogen-bond acceptors (Lipinski definition) is 2. The van der Waals surface area contributed by atoms with Crippen LogP contribution < -0.4 is 10.6 Å². The van der Waals surface area contributed by atoms with E-state index in [4.69, 9.17) is 17.3 Å². The van der Waals surface area contributed by atoms with Gasteiger partial charge in [0, 0.05) is 27.6 Å². The molecule has 218 valence electrons. The van der Waals surface area contributed by atoms with Crippen LogP contribution >= 0.6 is 11.6 Å². The molecular weight excluding hydrogens is 582 g/mol. The van der Waals surface area contributed by atoms with Gasteiger partial charge in [-0.1, -0.05) is 109 Å². The van der Waals surface area contributed by atoms with Crippen LogP contribution in [0.3, 0.4) is 0 Å². The van der Waals surface area contributed by atoms with E-state index in [2.05, 4.69) is 137 Å². The molecule has 0 bridgehead atoms. The third-order valence-corrected chi connectivity index (χ3v) is 9.46. The molecule has 0 aliphatic carbocycles. The molecule has 1 aliphatic heterocycles. The van der Waals surface area contributed by atoms with E-state index in [-0.39, 0.29) is 0 Å². The Morgan fingerprint density at radius 2 is 1.11 bits per heavy atom. The number of nitrogens with two attached hydrogens (primary N) is 1. The molecule has 2 N–H and O–H groups in total. The topological polar surface area (TPSA) is 34.2 Å². The summed E-state index contributed by atoms with van der Waals surface area (Å²) in [5.41, 5.74) is 20.5. The minimum Gasteiger partial charge on any atom is -0.397 e. The summed E-state index contributed by atoms with van der Waals surface area (Å²) in [6, 6.07) is 55.5. The van der Waals surface area contributed by atoms with Crippen molar-refractivity contribution in [3.8, 4) is 39.1 Å². The van der Waals surface area contributed by atoms with E-state index in [1.807, 2.05) is 30.3 Å². The van der Waals surface area contributed by atoms with Crippen molar-refractivity contribution >= 4 is 56.2 Å². The number of nitrogens with zero attached hydrogens (tertiary/aromatic N) is 2. The number of rotatable bonds is 3. The van der Waals surface area contributed by atoms with Gasteiger partial charge in [-0.2, -0.15) is 0 Å². The first kappa shape index (κ1) is 26.6. The number of para-hydroxylation sites is 5. The maximum absolute atomic E-state index is 7.04. The van der Waals surface area contributed by atoms with Crippen LogP contribution in [-0.2, 0) is 0 Å². The zero-order valence-electron chi connectivity index (χ0n) is 24.9. The molecule has 9 rings (SSSR count). The van der Waals surface area contributed by atoms with Crippen LogP contribution in [0.2, 0.25) is 5.02 Å². The lowest BCUT2D eigenvalue weighted by atomic mass is 9.92. The van der Waals surface area contributed by atoms with Crippen molar-refractivity contribution in [2.75, 3.05) is 10.6 Å². The van der Waals surface area contributed by atoms with E-state index < -0.39 is 0 Å². The van der Waals surface area contributed by atoms with Gasteiger partial charge in [0.2, 0.25) is 0 Å². The highest BCUT2D eigenvalue weighted by atomic mass is 35.5. The van der Waals surface area contributed by atoms with Crippen LogP contribution in [0.5, 0.6) is 0 Å². The van der Waals surface area contributed by atoms with Gasteiger partial charge in [-0.05, 0) is 82.9 Å². The summed E-state index contributed by atoms with van der Waals surface area (Å²) in [5.74, 6) is 0. The first-order chi connectivity index (χ1) is 22.7. The third kappa shape index (κ3) is 3.99. The molecule has 0 fully saturated rings. The number of anilines is 4. The largest absolute Gasteiger partial charge is 0.397 e. The fourth-order valence-electron chi connectivity index (χ4n) is 7.11. The number of aromatic nitrogens is 1. The van der Waals surface area contributed by atoms with Gasteiger partial charge in [0.15, 0.2) is 0 Å². The lowest BCUT2D eigenvalue weighted by Crippen LogP contribution is -2.13. The van der Waals surface area contributed by atoms with Gasteiger partial charge in [0.1, 0.15) is 0 Å². The number of halogens is 1. The van der Waals surface area contributed by atoms with E-state index in [0.29, 0.717) is 10.7 Å². The molecule has 0 atom stereocenters. The predicted octanol–water partition coefficient (Wildman–Crippen LogP) is 11.8. The van der Waals surface area contributed by atoms with Gasteiger partial charge in [0.05, 0.1) is 38.8 Å². The first-order valence-electron chi connectivity index (χ1n) is 15.4. The van der Waals surface area contributed by atoms with Crippen molar-refractivity contribution in [1.29, 1.82) is 0 Å². The highest BCUT2D eigenvalue weighted by Crippen LogP contribution is 2.54. The molecule has 1 aromatic heterocycles. The summed E-state index contributed by atoms with van der Waals surface area (Å²) in [7, 11) is 0. The van der Waals surface area contributed by atoms with Crippen molar-refractivity contribution in [2.24, 2.45) is 0 Å². The zero-order valence-corrected chi connectivity index (χ0v) is 25.6. The molecular formula is C42H28ClN3. The van der Waals surface area contributed by atoms with Gasteiger partial charge in [-0.3, -0.25) is 0 Å². The van der Waals surface area contributed by atoms with E-state index in [0.717, 1.165) is 56.1 Å². The average molecular weight is 610 g/mol. The molecule has 1 aliphatic rings. The number of hydrogen-bond donors (Lipinski definition) is 1. The monoisotopic (exact) mass is 609 g/mol. The summed E-state index contributed by atoms with van der Waals surface area (Å²) < 4.78 is 2.35. The fraction of sp³-hybridized carbons (Fsp3) is 0. The molecule has 7 aromatic carbocycles. The molecule has 46 heavy (non-hydrogen) atoms. The Morgan fingerprint density at radius 1 is 0.457 bits per heavy atom. The van der Waals surface area contributed by atoms with Crippen LogP contribution in [0.1, 0.15) is 0 Å². The Kier molecular flexibility index (Phi) is 6.02. The number of nitrogen functional groups attached to an aromatic ring is 1. The SMILES string of the molecule is Nc1ccccc1N1c2ccc(-c3ccc4c(c3)c3ccccc3n4-c3ccccc3)cc2-c2ccccc2-c2cccc(Cl)c21. The summed E-state index contributed by atoms with van der Waals surface area (Å²) in [4.78, 5) is 2.22. The van der Waals surface area contributed by atoms with E-state index >= 15 is 0 Å². The molecule has 8 aromatic rings. The second kappa shape index (κ2) is 10.4. The van der Waals surface area contributed by atoms with Crippen LogP contribution in [0, 0.1) is 0 Å². The van der Waals surface area contributed by atoms with Gasteiger partial charge in [-0.25, -0.2) is 0 Å². The van der Waals surface area contributed by atoms with Gasteiger partial charge >= 0.3 is 0 Å². The Morgan fingerprint density at radius 3 is 1.96 bits per heavy atom. The lowest BCUT2D eigenvalue weighted by molar-refractivity contribution is 1.18. The van der Waals surface area contributed by atoms with Crippen LogP contribution in [0.4, 0.5) is 22.7 Å². The zero-order chi connectivity index (χ0) is 30.8. The normalized spacial score (nSPS) is 12.1. The summed E-state index contributed by atoms with van der Waals surface area (Å²) in [6.07, 6.45) is 0. The van der Waals surface area contributed by atoms with E-state index in [1.54, 1.807) is 0 Å². The van der Waals surface area contributed by atoms with Crippen molar-refractivity contribution in [2.45, 2.75) is 0 Å². The molecule has 0 saturated heterocycles. The summed E-state index contributed by atoms with van der Waals surface area (Å²) in [5, 5.41) is 3.14. The van der Waals surface area contributed by atoms with E-state index in [1.165, 1.54) is 21.8 Å². The van der Waals surface area contributed by atoms with Gasteiger partial charge < -0.3 is 15.2 Å². The molecule has 2 heterocycles. The molecule has 0 spiro atoms. The van der Waals surface area contributed by atoms with Gasteiger partial charge in [-0.15, -0.1) is 0 Å². The van der Waals surface area contributed by atoms with Crippen LogP contribution in [0.15, 0.2) is 158 Å². The standard InChI is InChI=1S/C42H28ClN3/c43-36-17-10-16-33-30-13-4-5-14-31(30)34-25-27(22-24-40(34)46(42(33)36)41-20-9-7-18-37(41)44)28-21-23-39-35(26-28)32-15-6-8-19-38(32)45(39)29-11-2-1-3-12-29/h1-26H,44H2. The van der Waals surface area contributed by atoms with Crippen molar-refractivity contribution in [3.05, 3.63) is 163 Å². The summed E-state index contributed by atoms with van der Waals surface area (Å²) in [6.45, 7) is 0. The maximum atomic E-state index is 7.04. The smallest absolute Gasteiger partial charge is 0.0727 e.